The van der Waals surface area contributed by atoms with Gasteiger partial charge in [0.15, 0.2) is 5.69 Å². The highest BCUT2D eigenvalue weighted by atomic mass is 35.5. The highest BCUT2D eigenvalue weighted by Crippen LogP contribution is 2.34. The number of halogens is 3. The normalized spacial score (nSPS) is 17.6. The van der Waals surface area contributed by atoms with Crippen LogP contribution in [0, 0.1) is 5.82 Å². The summed E-state index contributed by atoms with van der Waals surface area (Å²) in [4.78, 5) is 13.3. The molecule has 2 aliphatic heterocycles. The topological polar surface area (TPSA) is 59.4 Å². The summed E-state index contributed by atoms with van der Waals surface area (Å²) in [6, 6.07) is 11.3. The number of nitrogens with zero attached hydrogens (tertiary/aromatic N) is 3. The summed E-state index contributed by atoms with van der Waals surface area (Å²) in [5.41, 5.74) is 6.92. The molecular formula is C25H23Cl2FN4O2. The fourth-order valence-corrected chi connectivity index (χ4v) is 4.82. The Labute approximate surface area is 206 Å². The molecule has 0 unspecified atom stereocenters. The molecule has 0 saturated carbocycles. The van der Waals surface area contributed by atoms with Crippen molar-refractivity contribution in [2.75, 3.05) is 19.7 Å². The summed E-state index contributed by atoms with van der Waals surface area (Å²) in [5.74, 6) is -0.592. The van der Waals surface area contributed by atoms with E-state index in [-0.39, 0.29) is 24.0 Å². The fraction of sp³-hybridized carbons (Fsp3) is 0.280. The van der Waals surface area contributed by atoms with Crippen molar-refractivity contribution >= 4 is 40.8 Å². The van der Waals surface area contributed by atoms with E-state index in [1.54, 1.807) is 35.0 Å². The molecule has 0 aliphatic carbocycles. The molecule has 1 amide bonds. The standard InChI is InChI=1S/C25H23Cl2FN4O2/c26-18-6-9-22(21(27)13-18)32-24-17(12-16-4-7-19(28)8-5-16)14-34-15-20(24)23(29-32)25(33)30-31-10-2-1-3-11-31/h4-9,12-13H,1-3,10-11,14-15H2,(H,30,33). The van der Waals surface area contributed by atoms with Crippen LogP contribution in [0.15, 0.2) is 42.5 Å². The van der Waals surface area contributed by atoms with E-state index in [2.05, 4.69) is 5.43 Å². The number of ether oxygens (including phenoxy) is 1. The second-order valence-corrected chi connectivity index (χ2v) is 9.23. The zero-order valence-electron chi connectivity index (χ0n) is 18.4. The molecule has 176 valence electrons. The number of rotatable bonds is 4. The lowest BCUT2D eigenvalue weighted by atomic mass is 10.0. The third kappa shape index (κ3) is 4.74. The molecule has 1 aromatic heterocycles. The van der Waals surface area contributed by atoms with Crippen LogP contribution in [0.5, 0.6) is 0 Å². The molecule has 1 fully saturated rings. The molecule has 1 N–H and O–H groups in total. The number of aromatic nitrogens is 2. The van der Waals surface area contributed by atoms with Crippen LogP contribution in [0.4, 0.5) is 4.39 Å². The molecule has 3 aromatic rings. The van der Waals surface area contributed by atoms with Gasteiger partial charge in [-0.15, -0.1) is 0 Å². The molecule has 2 aromatic carbocycles. The summed E-state index contributed by atoms with van der Waals surface area (Å²) < 4.78 is 20.9. The van der Waals surface area contributed by atoms with Gasteiger partial charge >= 0.3 is 0 Å². The number of carbonyl (C=O) groups is 1. The van der Waals surface area contributed by atoms with Crippen molar-refractivity contribution < 1.29 is 13.9 Å². The van der Waals surface area contributed by atoms with Crippen LogP contribution in [0.3, 0.4) is 0 Å². The van der Waals surface area contributed by atoms with Crippen LogP contribution in [0.25, 0.3) is 17.3 Å². The van der Waals surface area contributed by atoms with Gasteiger partial charge in [0.1, 0.15) is 5.82 Å². The van der Waals surface area contributed by atoms with Gasteiger partial charge in [0.2, 0.25) is 0 Å². The van der Waals surface area contributed by atoms with Gasteiger partial charge in [-0.3, -0.25) is 10.2 Å². The predicted molar refractivity (Wildman–Crippen MR) is 130 cm³/mol. The number of piperidine rings is 1. The highest BCUT2D eigenvalue weighted by Gasteiger charge is 2.30. The number of benzene rings is 2. The Morgan fingerprint density at radius 1 is 1.06 bits per heavy atom. The molecule has 0 atom stereocenters. The lowest BCUT2D eigenvalue weighted by Gasteiger charge is -2.26. The van der Waals surface area contributed by atoms with Gasteiger partial charge in [0, 0.05) is 29.2 Å². The average molecular weight is 501 g/mol. The molecule has 34 heavy (non-hydrogen) atoms. The molecule has 1 saturated heterocycles. The van der Waals surface area contributed by atoms with E-state index in [4.69, 9.17) is 33.0 Å². The highest BCUT2D eigenvalue weighted by molar-refractivity contribution is 6.35. The van der Waals surface area contributed by atoms with Crippen molar-refractivity contribution in [1.82, 2.24) is 20.2 Å². The monoisotopic (exact) mass is 500 g/mol. The molecule has 0 spiro atoms. The van der Waals surface area contributed by atoms with E-state index in [0.717, 1.165) is 49.2 Å². The lowest BCUT2D eigenvalue weighted by Crippen LogP contribution is -2.45. The van der Waals surface area contributed by atoms with E-state index < -0.39 is 0 Å². The van der Waals surface area contributed by atoms with Gasteiger partial charge in [-0.1, -0.05) is 41.8 Å². The first kappa shape index (κ1) is 23.1. The molecule has 3 heterocycles. The van der Waals surface area contributed by atoms with Crippen LogP contribution in [-0.4, -0.2) is 40.4 Å². The van der Waals surface area contributed by atoms with Crippen LogP contribution < -0.4 is 5.43 Å². The van der Waals surface area contributed by atoms with Crippen molar-refractivity contribution in [2.45, 2.75) is 25.9 Å². The van der Waals surface area contributed by atoms with E-state index in [0.29, 0.717) is 27.9 Å². The first-order valence-electron chi connectivity index (χ1n) is 11.2. The van der Waals surface area contributed by atoms with Crippen molar-refractivity contribution in [2.24, 2.45) is 0 Å². The molecule has 9 heteroatoms. The SMILES string of the molecule is O=C(NN1CCCCC1)c1nn(-c2ccc(Cl)cc2Cl)c2c1COCC2=Cc1ccc(F)cc1. The zero-order valence-corrected chi connectivity index (χ0v) is 19.9. The van der Waals surface area contributed by atoms with Crippen molar-refractivity contribution in [3.05, 3.63) is 80.8 Å². The number of hydrazine groups is 1. The number of carbonyl (C=O) groups excluding carboxylic acids is 1. The van der Waals surface area contributed by atoms with E-state index in [1.165, 1.54) is 12.1 Å². The summed E-state index contributed by atoms with van der Waals surface area (Å²) >= 11 is 12.6. The van der Waals surface area contributed by atoms with E-state index in [1.807, 2.05) is 11.1 Å². The molecule has 0 radical (unpaired) electrons. The summed E-state index contributed by atoms with van der Waals surface area (Å²) in [6.07, 6.45) is 5.16. The average Bonchev–Trinajstić information content (AvgIpc) is 3.22. The molecular weight excluding hydrogens is 478 g/mol. The quantitative estimate of drug-likeness (QED) is 0.512. The summed E-state index contributed by atoms with van der Waals surface area (Å²) in [6.45, 7) is 2.17. The van der Waals surface area contributed by atoms with Crippen molar-refractivity contribution in [1.29, 1.82) is 0 Å². The molecule has 6 nitrogen and oxygen atoms in total. The van der Waals surface area contributed by atoms with Crippen molar-refractivity contribution in [3.8, 4) is 5.69 Å². The second-order valence-electron chi connectivity index (χ2n) is 8.39. The molecule has 5 rings (SSSR count). The number of fused-ring (bicyclic) bond motifs is 1. The van der Waals surface area contributed by atoms with Gasteiger partial charge in [-0.05, 0) is 54.8 Å². The van der Waals surface area contributed by atoms with Gasteiger partial charge in [0.05, 0.1) is 29.6 Å². The van der Waals surface area contributed by atoms with E-state index in [9.17, 15) is 9.18 Å². The molecule has 0 bridgehead atoms. The number of amides is 1. The lowest BCUT2D eigenvalue weighted by molar-refractivity contribution is 0.0738. The molecule has 2 aliphatic rings. The Kier molecular flexibility index (Phi) is 6.70. The van der Waals surface area contributed by atoms with Gasteiger partial charge in [0.25, 0.3) is 5.91 Å². The largest absolute Gasteiger partial charge is 0.372 e. The zero-order chi connectivity index (χ0) is 23.7. The Morgan fingerprint density at radius 3 is 2.56 bits per heavy atom. The van der Waals surface area contributed by atoms with Gasteiger partial charge < -0.3 is 4.74 Å². The second kappa shape index (κ2) is 9.88. The Morgan fingerprint density at radius 2 is 1.82 bits per heavy atom. The maximum atomic E-state index is 13.4. The fourth-order valence-electron chi connectivity index (χ4n) is 4.33. The smallest absolute Gasteiger partial charge is 0.286 e. The Balaban J connectivity index is 1.61. The third-order valence-electron chi connectivity index (χ3n) is 5.97. The van der Waals surface area contributed by atoms with Gasteiger partial charge in [-0.25, -0.2) is 14.1 Å². The van der Waals surface area contributed by atoms with Crippen molar-refractivity contribution in [3.63, 3.8) is 0 Å². The maximum absolute atomic E-state index is 13.4. The number of nitrogens with one attached hydrogen (secondary N) is 1. The van der Waals surface area contributed by atoms with Crippen LogP contribution in [-0.2, 0) is 11.3 Å². The number of hydrogen-bond acceptors (Lipinski definition) is 4. The van der Waals surface area contributed by atoms with Crippen LogP contribution in [0.2, 0.25) is 10.0 Å². The van der Waals surface area contributed by atoms with Crippen LogP contribution in [0.1, 0.15) is 46.6 Å². The summed E-state index contributed by atoms with van der Waals surface area (Å²) in [5, 5.41) is 7.54. The Bertz CT molecular complexity index is 1250. The minimum Gasteiger partial charge on any atom is -0.372 e. The first-order valence-corrected chi connectivity index (χ1v) is 11.9. The third-order valence-corrected chi connectivity index (χ3v) is 6.51. The van der Waals surface area contributed by atoms with Crippen LogP contribution >= 0.6 is 23.2 Å². The minimum atomic E-state index is -0.308. The predicted octanol–water partition coefficient (Wildman–Crippen LogP) is 5.52. The first-order chi connectivity index (χ1) is 16.5. The number of hydrogen-bond donors (Lipinski definition) is 1. The van der Waals surface area contributed by atoms with E-state index >= 15 is 0 Å². The maximum Gasteiger partial charge on any atom is 0.286 e. The Hall–Kier alpha value is -2.71. The van der Waals surface area contributed by atoms with Gasteiger partial charge in [-0.2, -0.15) is 5.10 Å². The summed E-state index contributed by atoms with van der Waals surface area (Å²) in [7, 11) is 0. The minimum absolute atomic E-state index is 0.240.